The van der Waals surface area contributed by atoms with Crippen molar-refractivity contribution in [2.75, 3.05) is 110 Å². The molecular weight excluding hydrogens is 1000 g/mol. The molecule has 1 fully saturated rings. The summed E-state index contributed by atoms with van der Waals surface area (Å²) >= 11 is 3.52. The number of nitrogens with one attached hydrogen (secondary N) is 4. The van der Waals surface area contributed by atoms with Gasteiger partial charge in [0, 0.05) is 106 Å². The van der Waals surface area contributed by atoms with E-state index in [0.29, 0.717) is 85.0 Å². The molecule has 0 aliphatic carbocycles. The largest absolute Gasteiger partial charge is 0.483 e. The van der Waals surface area contributed by atoms with Crippen molar-refractivity contribution < 1.29 is 63.5 Å². The van der Waals surface area contributed by atoms with Gasteiger partial charge in [0.1, 0.15) is 6.04 Å². The van der Waals surface area contributed by atoms with Crippen LogP contribution in [-0.2, 0) is 43.1 Å². The zero-order valence-electron chi connectivity index (χ0n) is 44.6. The molecule has 412 valence electrons. The normalized spacial score (nSPS) is 14.9. The van der Waals surface area contributed by atoms with Crippen LogP contribution in [0.3, 0.4) is 0 Å². The van der Waals surface area contributed by atoms with E-state index in [2.05, 4.69) is 62.0 Å². The number of rotatable bonds is 26. The summed E-state index contributed by atoms with van der Waals surface area (Å²) in [4.78, 5) is 99.9. The van der Waals surface area contributed by atoms with Gasteiger partial charge in [-0.05, 0) is 56.8 Å². The Labute approximate surface area is 435 Å². The van der Waals surface area contributed by atoms with E-state index in [0.717, 1.165) is 40.5 Å². The number of anilines is 1. The Bertz CT molecular complexity index is 1870. The zero-order valence-corrected chi connectivity index (χ0v) is 46.2. The molecule has 1 saturated heterocycles. The van der Waals surface area contributed by atoms with Gasteiger partial charge in [-0.2, -0.15) is 0 Å². The lowest BCUT2D eigenvalue weighted by molar-refractivity contribution is -0.144. The minimum absolute atomic E-state index is 0.0104. The van der Waals surface area contributed by atoms with E-state index in [1.807, 2.05) is 55.4 Å². The summed E-state index contributed by atoms with van der Waals surface area (Å²) in [6.45, 7) is 24.2. The van der Waals surface area contributed by atoms with Crippen LogP contribution >= 0.6 is 15.9 Å². The maximum absolute atomic E-state index is 12.8. The Morgan fingerprint density at radius 2 is 1.17 bits per heavy atom. The van der Waals surface area contributed by atoms with Crippen molar-refractivity contribution in [3.8, 4) is 0 Å². The summed E-state index contributed by atoms with van der Waals surface area (Å²) in [6.07, 6.45) is 3.86. The number of aliphatic carboxylic acids is 3. The van der Waals surface area contributed by atoms with Gasteiger partial charge in [0.2, 0.25) is 23.6 Å². The van der Waals surface area contributed by atoms with Crippen LogP contribution in [0.1, 0.15) is 110 Å². The third-order valence-electron chi connectivity index (χ3n) is 11.8. The number of benzene rings is 1. The number of halogens is 1. The van der Waals surface area contributed by atoms with Crippen LogP contribution in [0.15, 0.2) is 10.5 Å². The Morgan fingerprint density at radius 3 is 1.64 bits per heavy atom. The summed E-state index contributed by atoms with van der Waals surface area (Å²) in [7, 11) is 0. The molecule has 8 N–H and O–H groups in total. The Hall–Kier alpha value is -4.74. The predicted molar refractivity (Wildman–Crippen MR) is 280 cm³/mol. The summed E-state index contributed by atoms with van der Waals surface area (Å²) < 4.78 is 7.03. The maximum atomic E-state index is 12.8. The van der Waals surface area contributed by atoms with E-state index in [1.54, 1.807) is 14.7 Å². The number of carbonyl (C=O) groups is 8. The number of likely N-dealkylation sites (N-methyl/N-ethyl adjacent to an activating group) is 1. The standard InChI is InChI=1S/C37H69N7O10.C12H16BrNO.CH2O2/c1-7-9-10-11-30(45)39-25-36(3,4)27-54-28-37(5,6)26-40-32(47)22-38-31(46)13-12-29(35(52)53)44-20-18-41(8-2)14-15-42(23-33(48)49)16-17-43(19-21-44)24-34(50)51;1-5-10(15)14-12-8(3)6-7(2)11(13)9(12)4;2-1-3/h29H,7-28H2,1-6H3,(H,38,46)(H,39,45)(H,40,47)(H,48,49)(H,50,51)(H,52,53);6H,5H2,1-4H3,(H,14,15);1H,(H,2,3). The number of carboxylic acid groups (broad SMARTS) is 4. The van der Waals surface area contributed by atoms with E-state index < -0.39 is 35.3 Å². The molecule has 1 aliphatic heterocycles. The highest BCUT2D eigenvalue weighted by Gasteiger charge is 2.29. The Morgan fingerprint density at radius 1 is 0.694 bits per heavy atom. The molecule has 1 aromatic rings. The van der Waals surface area contributed by atoms with Gasteiger partial charge in [0.05, 0.1) is 32.8 Å². The van der Waals surface area contributed by atoms with E-state index in [9.17, 15) is 48.9 Å². The molecule has 0 saturated carbocycles. The van der Waals surface area contributed by atoms with Gasteiger partial charge in [-0.3, -0.25) is 53.1 Å². The molecular formula is C50H87BrN8O13. The highest BCUT2D eigenvalue weighted by molar-refractivity contribution is 9.10. The van der Waals surface area contributed by atoms with Crippen molar-refractivity contribution >= 4 is 69.6 Å². The number of hydrogen-bond acceptors (Lipinski definition) is 13. The lowest BCUT2D eigenvalue weighted by Gasteiger charge is -2.35. The first kappa shape index (κ1) is 67.3. The molecule has 1 atom stereocenters. The quantitative estimate of drug-likeness (QED) is 0.0480. The van der Waals surface area contributed by atoms with Gasteiger partial charge < -0.3 is 51.3 Å². The van der Waals surface area contributed by atoms with Crippen LogP contribution in [0.25, 0.3) is 0 Å². The smallest absolute Gasteiger partial charge is 0.320 e. The number of carboxylic acids is 3. The van der Waals surface area contributed by atoms with Gasteiger partial charge in [-0.1, -0.05) is 83.3 Å². The van der Waals surface area contributed by atoms with Gasteiger partial charge in [-0.15, -0.1) is 0 Å². The fourth-order valence-electron chi connectivity index (χ4n) is 7.53. The van der Waals surface area contributed by atoms with Crippen molar-refractivity contribution in [2.24, 2.45) is 10.8 Å². The molecule has 0 spiro atoms. The van der Waals surface area contributed by atoms with Gasteiger partial charge in [0.15, 0.2) is 0 Å². The molecule has 2 rings (SSSR count). The number of aryl methyl sites for hydroxylation is 2. The van der Waals surface area contributed by atoms with Crippen molar-refractivity contribution in [1.29, 1.82) is 0 Å². The van der Waals surface area contributed by atoms with Crippen molar-refractivity contribution in [1.82, 2.24) is 35.6 Å². The van der Waals surface area contributed by atoms with Crippen molar-refractivity contribution in [3.63, 3.8) is 0 Å². The van der Waals surface area contributed by atoms with E-state index in [4.69, 9.17) is 14.6 Å². The average Bonchev–Trinajstić information content (AvgIpc) is 3.30. The molecule has 72 heavy (non-hydrogen) atoms. The third-order valence-corrected chi connectivity index (χ3v) is 13.1. The zero-order chi connectivity index (χ0) is 55.0. The fourth-order valence-corrected chi connectivity index (χ4v) is 7.84. The van der Waals surface area contributed by atoms with Crippen LogP contribution in [0.5, 0.6) is 0 Å². The van der Waals surface area contributed by atoms with Crippen LogP contribution in [-0.4, -0.2) is 199 Å². The monoisotopic (exact) mass is 1090 g/mol. The number of carbonyl (C=O) groups excluding carboxylic acids is 4. The lowest BCUT2D eigenvalue weighted by atomic mass is 9.93. The van der Waals surface area contributed by atoms with E-state index >= 15 is 0 Å². The molecule has 21 nitrogen and oxygen atoms in total. The minimum atomic E-state index is -1.10. The van der Waals surface area contributed by atoms with Gasteiger partial charge in [-0.25, -0.2) is 0 Å². The van der Waals surface area contributed by atoms with Gasteiger partial charge >= 0.3 is 17.9 Å². The maximum Gasteiger partial charge on any atom is 0.320 e. The minimum Gasteiger partial charge on any atom is -0.483 e. The summed E-state index contributed by atoms with van der Waals surface area (Å²) in [5.41, 5.74) is 3.65. The highest BCUT2D eigenvalue weighted by atomic mass is 79.9. The Kier molecular flexibility index (Phi) is 33.8. The Balaban J connectivity index is 0.00000234. The molecule has 4 amide bonds. The van der Waals surface area contributed by atoms with Crippen molar-refractivity contribution in [2.45, 2.75) is 120 Å². The highest BCUT2D eigenvalue weighted by Crippen LogP contribution is 2.31. The fraction of sp³-hybridized carbons (Fsp3) is 0.720. The van der Waals surface area contributed by atoms with Gasteiger partial charge in [0.25, 0.3) is 6.47 Å². The predicted octanol–water partition coefficient (Wildman–Crippen LogP) is 4.05. The topological polar surface area (TPSA) is 288 Å². The van der Waals surface area contributed by atoms with Crippen LogP contribution < -0.4 is 21.3 Å². The van der Waals surface area contributed by atoms with Crippen LogP contribution in [0.2, 0.25) is 0 Å². The number of amides is 4. The average molecular weight is 1090 g/mol. The summed E-state index contributed by atoms with van der Waals surface area (Å²) in [5, 5.41) is 47.2. The molecule has 0 aromatic heterocycles. The second kappa shape index (κ2) is 36.2. The first-order chi connectivity index (χ1) is 33.7. The first-order valence-electron chi connectivity index (χ1n) is 24.8. The number of nitrogens with zero attached hydrogens (tertiary/aromatic N) is 4. The lowest BCUT2D eigenvalue weighted by Crippen LogP contribution is -2.51. The second-order valence-electron chi connectivity index (χ2n) is 19.6. The van der Waals surface area contributed by atoms with E-state index in [1.165, 1.54) is 5.56 Å². The molecule has 1 aliphatic rings. The molecule has 0 bridgehead atoms. The van der Waals surface area contributed by atoms with Crippen LogP contribution in [0, 0.1) is 31.6 Å². The molecule has 1 aromatic carbocycles. The number of ether oxygens (including phenoxy) is 1. The number of hydrogen-bond donors (Lipinski definition) is 8. The first-order valence-corrected chi connectivity index (χ1v) is 25.6. The third kappa shape index (κ3) is 30.3. The van der Waals surface area contributed by atoms with Crippen molar-refractivity contribution in [3.05, 3.63) is 27.2 Å². The molecule has 1 heterocycles. The molecule has 22 heteroatoms. The molecule has 0 radical (unpaired) electrons. The molecule has 1 unspecified atom stereocenters. The summed E-state index contributed by atoms with van der Waals surface area (Å²) in [5.74, 6) is -3.87. The second-order valence-corrected chi connectivity index (χ2v) is 20.4. The summed E-state index contributed by atoms with van der Waals surface area (Å²) in [6, 6.07) is 1.05. The SMILES string of the molecule is CCC(=O)Nc1c(C)cc(C)c(Br)c1C.CCCCCC(=O)NCC(C)(C)COCC(C)(C)CNC(=O)CNC(=O)CCC(C(=O)O)N1CCN(CC)CCN(CC(=O)O)CCN(CC(=O)O)CC1.O=CO. The van der Waals surface area contributed by atoms with E-state index in [-0.39, 0.29) is 75.2 Å². The van der Waals surface area contributed by atoms with Crippen LogP contribution in [0.4, 0.5) is 5.69 Å². The number of unbranched alkanes of at least 4 members (excludes halogenated alkanes) is 2.